The molecule has 0 fully saturated rings. The highest BCUT2D eigenvalue weighted by molar-refractivity contribution is 5.91. The highest BCUT2D eigenvalue weighted by Crippen LogP contribution is 2.14. The summed E-state index contributed by atoms with van der Waals surface area (Å²) >= 11 is 0. The molecule has 0 saturated heterocycles. The Labute approximate surface area is 119 Å². The second-order valence-corrected chi connectivity index (χ2v) is 4.89. The van der Waals surface area contributed by atoms with Gasteiger partial charge in [-0.1, -0.05) is 32.0 Å². The van der Waals surface area contributed by atoms with E-state index in [0.717, 1.165) is 17.8 Å². The molecule has 0 aliphatic rings. The average molecular weight is 272 g/mol. The van der Waals surface area contributed by atoms with Crippen LogP contribution in [0.5, 0.6) is 0 Å². The molecular formula is C15H20N4O. The van der Waals surface area contributed by atoms with E-state index in [0.29, 0.717) is 11.7 Å². The SMILES string of the molecule is CNC(=O)c1ccn(-c2ccccc2CNC(C)C)n1. The van der Waals surface area contributed by atoms with E-state index >= 15 is 0 Å². The number of carbonyl (C=O) groups excluding carboxylic acids is 1. The predicted molar refractivity (Wildman–Crippen MR) is 78.9 cm³/mol. The molecule has 0 aliphatic heterocycles. The van der Waals surface area contributed by atoms with Crippen LogP contribution in [0, 0.1) is 0 Å². The lowest BCUT2D eigenvalue weighted by Gasteiger charge is -2.12. The molecule has 20 heavy (non-hydrogen) atoms. The highest BCUT2D eigenvalue weighted by Gasteiger charge is 2.10. The van der Waals surface area contributed by atoms with Gasteiger partial charge in [0.1, 0.15) is 0 Å². The fourth-order valence-corrected chi connectivity index (χ4v) is 1.91. The van der Waals surface area contributed by atoms with E-state index in [1.54, 1.807) is 24.0 Å². The van der Waals surface area contributed by atoms with Gasteiger partial charge < -0.3 is 10.6 Å². The Morgan fingerprint density at radius 1 is 1.30 bits per heavy atom. The number of hydrogen-bond acceptors (Lipinski definition) is 3. The van der Waals surface area contributed by atoms with Crippen LogP contribution in [0.4, 0.5) is 0 Å². The normalized spacial score (nSPS) is 10.8. The third-order valence-corrected chi connectivity index (χ3v) is 2.99. The van der Waals surface area contributed by atoms with Crippen LogP contribution in [0.15, 0.2) is 36.5 Å². The van der Waals surface area contributed by atoms with E-state index in [1.807, 2.05) is 18.2 Å². The first-order valence-electron chi connectivity index (χ1n) is 6.71. The predicted octanol–water partition coefficient (Wildman–Crippen LogP) is 1.73. The van der Waals surface area contributed by atoms with Gasteiger partial charge in [-0.3, -0.25) is 4.79 Å². The van der Waals surface area contributed by atoms with E-state index in [4.69, 9.17) is 0 Å². The number of nitrogens with one attached hydrogen (secondary N) is 2. The summed E-state index contributed by atoms with van der Waals surface area (Å²) < 4.78 is 1.74. The van der Waals surface area contributed by atoms with Gasteiger partial charge in [-0.15, -0.1) is 0 Å². The van der Waals surface area contributed by atoms with Crippen molar-refractivity contribution in [3.05, 3.63) is 47.8 Å². The molecule has 2 N–H and O–H groups in total. The Morgan fingerprint density at radius 3 is 2.75 bits per heavy atom. The summed E-state index contributed by atoms with van der Waals surface area (Å²) in [6, 6.07) is 10.2. The van der Waals surface area contributed by atoms with Gasteiger partial charge in [-0.2, -0.15) is 5.10 Å². The van der Waals surface area contributed by atoms with Crippen molar-refractivity contribution >= 4 is 5.91 Å². The smallest absolute Gasteiger partial charge is 0.271 e. The molecule has 1 amide bonds. The van der Waals surface area contributed by atoms with Gasteiger partial charge in [0.15, 0.2) is 5.69 Å². The molecule has 0 bridgehead atoms. The topological polar surface area (TPSA) is 59.0 Å². The second kappa shape index (κ2) is 6.34. The third-order valence-electron chi connectivity index (χ3n) is 2.99. The van der Waals surface area contributed by atoms with Gasteiger partial charge in [0.05, 0.1) is 5.69 Å². The van der Waals surface area contributed by atoms with Gasteiger partial charge in [-0.05, 0) is 17.7 Å². The molecule has 106 valence electrons. The summed E-state index contributed by atoms with van der Waals surface area (Å²) in [5, 5.41) is 10.3. The lowest BCUT2D eigenvalue weighted by Crippen LogP contribution is -2.23. The van der Waals surface area contributed by atoms with Crippen molar-refractivity contribution in [1.29, 1.82) is 0 Å². The fraction of sp³-hybridized carbons (Fsp3) is 0.333. The van der Waals surface area contributed by atoms with Crippen molar-refractivity contribution in [2.24, 2.45) is 0 Å². The molecule has 2 rings (SSSR count). The molecule has 1 heterocycles. The number of rotatable bonds is 5. The number of benzene rings is 1. The van der Waals surface area contributed by atoms with Gasteiger partial charge in [0.25, 0.3) is 5.91 Å². The summed E-state index contributed by atoms with van der Waals surface area (Å²) in [6.07, 6.45) is 1.80. The third kappa shape index (κ3) is 3.24. The van der Waals surface area contributed by atoms with Gasteiger partial charge in [-0.25, -0.2) is 4.68 Å². The lowest BCUT2D eigenvalue weighted by atomic mass is 10.1. The van der Waals surface area contributed by atoms with Crippen molar-refractivity contribution in [2.75, 3.05) is 7.05 Å². The Bertz CT molecular complexity index is 589. The Balaban J connectivity index is 2.28. The minimum absolute atomic E-state index is 0.179. The molecule has 0 unspecified atom stereocenters. The minimum atomic E-state index is -0.179. The van der Waals surface area contributed by atoms with Crippen LogP contribution in [0.3, 0.4) is 0 Å². The quantitative estimate of drug-likeness (QED) is 0.871. The van der Waals surface area contributed by atoms with Crippen LogP contribution < -0.4 is 10.6 Å². The van der Waals surface area contributed by atoms with Crippen LogP contribution >= 0.6 is 0 Å². The number of amides is 1. The number of carbonyl (C=O) groups is 1. The van der Waals surface area contributed by atoms with Gasteiger partial charge >= 0.3 is 0 Å². The van der Waals surface area contributed by atoms with Crippen molar-refractivity contribution < 1.29 is 4.79 Å². The van der Waals surface area contributed by atoms with Gasteiger partial charge in [0.2, 0.25) is 0 Å². The summed E-state index contributed by atoms with van der Waals surface area (Å²) in [6.45, 7) is 4.99. The fourth-order valence-electron chi connectivity index (χ4n) is 1.91. The highest BCUT2D eigenvalue weighted by atomic mass is 16.1. The molecule has 0 aliphatic carbocycles. The standard InChI is InChI=1S/C15H20N4O/c1-11(2)17-10-12-6-4-5-7-14(12)19-9-8-13(18-19)15(20)16-3/h4-9,11,17H,10H2,1-3H3,(H,16,20). The summed E-state index contributed by atoms with van der Waals surface area (Å²) in [5.41, 5.74) is 2.54. The molecule has 1 aromatic heterocycles. The summed E-state index contributed by atoms with van der Waals surface area (Å²) in [4.78, 5) is 11.6. The maximum absolute atomic E-state index is 11.6. The zero-order valence-corrected chi connectivity index (χ0v) is 12.1. The van der Waals surface area contributed by atoms with Crippen molar-refractivity contribution in [3.63, 3.8) is 0 Å². The Hall–Kier alpha value is -2.14. The number of para-hydroxylation sites is 1. The molecule has 0 atom stereocenters. The number of hydrogen-bond donors (Lipinski definition) is 2. The molecule has 2 aromatic rings. The van der Waals surface area contributed by atoms with Crippen LogP contribution in [0.2, 0.25) is 0 Å². The van der Waals surface area contributed by atoms with E-state index in [1.165, 1.54) is 0 Å². The average Bonchev–Trinajstić information content (AvgIpc) is 2.94. The summed E-state index contributed by atoms with van der Waals surface area (Å²) in [7, 11) is 1.60. The monoisotopic (exact) mass is 272 g/mol. The van der Waals surface area contributed by atoms with Crippen molar-refractivity contribution in [3.8, 4) is 5.69 Å². The molecule has 1 aromatic carbocycles. The maximum Gasteiger partial charge on any atom is 0.271 e. The van der Waals surface area contributed by atoms with Crippen molar-refractivity contribution in [2.45, 2.75) is 26.4 Å². The Kier molecular flexibility index (Phi) is 4.53. The van der Waals surface area contributed by atoms with E-state index < -0.39 is 0 Å². The molecule has 0 saturated carbocycles. The van der Waals surface area contributed by atoms with Crippen LogP contribution in [0.1, 0.15) is 29.9 Å². The van der Waals surface area contributed by atoms with Crippen LogP contribution in [-0.4, -0.2) is 28.8 Å². The molecular weight excluding hydrogens is 252 g/mol. The second-order valence-electron chi connectivity index (χ2n) is 4.89. The van der Waals surface area contributed by atoms with E-state index in [-0.39, 0.29) is 5.91 Å². The molecule has 5 heteroatoms. The Morgan fingerprint density at radius 2 is 2.05 bits per heavy atom. The summed E-state index contributed by atoms with van der Waals surface area (Å²) in [5.74, 6) is -0.179. The van der Waals surface area contributed by atoms with E-state index in [2.05, 4.69) is 35.6 Å². The molecule has 0 spiro atoms. The van der Waals surface area contributed by atoms with Crippen LogP contribution in [0.25, 0.3) is 5.69 Å². The maximum atomic E-state index is 11.6. The number of aromatic nitrogens is 2. The number of nitrogens with zero attached hydrogens (tertiary/aromatic N) is 2. The minimum Gasteiger partial charge on any atom is -0.354 e. The first-order chi connectivity index (χ1) is 9.61. The first-order valence-corrected chi connectivity index (χ1v) is 6.71. The largest absolute Gasteiger partial charge is 0.354 e. The first kappa shape index (κ1) is 14.3. The van der Waals surface area contributed by atoms with Gasteiger partial charge in [0, 0.05) is 25.8 Å². The van der Waals surface area contributed by atoms with Crippen LogP contribution in [-0.2, 0) is 6.54 Å². The van der Waals surface area contributed by atoms with Crippen molar-refractivity contribution in [1.82, 2.24) is 20.4 Å². The lowest BCUT2D eigenvalue weighted by molar-refractivity contribution is 0.0957. The zero-order chi connectivity index (χ0) is 14.5. The van der Waals surface area contributed by atoms with E-state index in [9.17, 15) is 4.79 Å². The zero-order valence-electron chi connectivity index (χ0n) is 12.1. The molecule has 0 radical (unpaired) electrons. The molecule has 5 nitrogen and oxygen atoms in total.